The molecule has 2 N–H and O–H groups in total. The average Bonchev–Trinajstić information content (AvgIpc) is 3.31. The van der Waals surface area contributed by atoms with Crippen LogP contribution < -0.4 is 10.6 Å². The summed E-state index contributed by atoms with van der Waals surface area (Å²) >= 11 is 0. The fourth-order valence-corrected chi connectivity index (χ4v) is 3.35. The summed E-state index contributed by atoms with van der Waals surface area (Å²) in [5.74, 6) is -0.254. The SMILES string of the molecule is Cc1ccc(C(=O)NCC2(c3ccccc3)CC2)cc1NC(=O)c1ccco1. The van der Waals surface area contributed by atoms with Gasteiger partial charge < -0.3 is 15.1 Å². The lowest BCUT2D eigenvalue weighted by Crippen LogP contribution is -2.32. The highest BCUT2D eigenvalue weighted by molar-refractivity contribution is 6.03. The Labute approximate surface area is 163 Å². The van der Waals surface area contributed by atoms with Crippen LogP contribution >= 0.6 is 0 Å². The molecular weight excluding hydrogens is 352 g/mol. The van der Waals surface area contributed by atoms with E-state index in [2.05, 4.69) is 22.8 Å². The van der Waals surface area contributed by atoms with Gasteiger partial charge in [-0.15, -0.1) is 0 Å². The number of hydrogen-bond donors (Lipinski definition) is 2. The molecule has 28 heavy (non-hydrogen) atoms. The Bertz CT molecular complexity index is 990. The maximum absolute atomic E-state index is 12.7. The Morgan fingerprint density at radius 3 is 2.46 bits per heavy atom. The predicted molar refractivity (Wildman–Crippen MR) is 108 cm³/mol. The van der Waals surface area contributed by atoms with E-state index in [1.54, 1.807) is 24.3 Å². The Morgan fingerprint density at radius 2 is 1.79 bits per heavy atom. The van der Waals surface area contributed by atoms with Crippen molar-refractivity contribution in [1.82, 2.24) is 5.32 Å². The minimum atomic E-state index is -0.341. The molecule has 2 aromatic carbocycles. The molecule has 2 amide bonds. The Balaban J connectivity index is 1.44. The Hall–Kier alpha value is -3.34. The molecule has 142 valence electrons. The molecule has 0 radical (unpaired) electrons. The number of hydrogen-bond acceptors (Lipinski definition) is 3. The molecule has 1 fully saturated rings. The molecule has 0 bridgehead atoms. The summed E-state index contributed by atoms with van der Waals surface area (Å²) in [6.45, 7) is 2.49. The van der Waals surface area contributed by atoms with E-state index in [9.17, 15) is 9.59 Å². The van der Waals surface area contributed by atoms with Gasteiger partial charge in [0.2, 0.25) is 0 Å². The van der Waals surface area contributed by atoms with Crippen LogP contribution in [0.25, 0.3) is 0 Å². The summed E-state index contributed by atoms with van der Waals surface area (Å²) in [6.07, 6.45) is 3.61. The fourth-order valence-electron chi connectivity index (χ4n) is 3.35. The van der Waals surface area contributed by atoms with Gasteiger partial charge in [0, 0.05) is 23.2 Å². The molecule has 1 saturated carbocycles. The lowest BCUT2D eigenvalue weighted by Gasteiger charge is -2.17. The zero-order valence-electron chi connectivity index (χ0n) is 15.7. The molecule has 1 aliphatic rings. The summed E-state index contributed by atoms with van der Waals surface area (Å²) in [5, 5.41) is 5.86. The molecule has 1 aromatic heterocycles. The molecule has 1 aliphatic carbocycles. The van der Waals surface area contributed by atoms with Crippen molar-refractivity contribution in [3.8, 4) is 0 Å². The number of carbonyl (C=O) groups excluding carboxylic acids is 2. The number of rotatable bonds is 6. The van der Waals surface area contributed by atoms with E-state index in [1.165, 1.54) is 11.8 Å². The van der Waals surface area contributed by atoms with Crippen molar-refractivity contribution in [2.45, 2.75) is 25.2 Å². The number of aryl methyl sites for hydroxylation is 1. The molecule has 0 unspecified atom stereocenters. The van der Waals surface area contributed by atoms with Gasteiger partial charge in [-0.2, -0.15) is 0 Å². The third-order valence-electron chi connectivity index (χ3n) is 5.32. The van der Waals surface area contributed by atoms with Crippen molar-refractivity contribution in [1.29, 1.82) is 0 Å². The number of benzene rings is 2. The number of nitrogens with one attached hydrogen (secondary N) is 2. The zero-order valence-corrected chi connectivity index (χ0v) is 15.7. The van der Waals surface area contributed by atoms with E-state index in [0.717, 1.165) is 18.4 Å². The quantitative estimate of drug-likeness (QED) is 0.676. The Kier molecular flexibility index (Phi) is 4.74. The van der Waals surface area contributed by atoms with Crippen molar-refractivity contribution >= 4 is 17.5 Å². The van der Waals surface area contributed by atoms with Gasteiger partial charge in [0.1, 0.15) is 0 Å². The minimum absolute atomic E-state index is 0.0535. The molecule has 3 aromatic rings. The maximum Gasteiger partial charge on any atom is 0.291 e. The molecule has 4 rings (SSSR count). The van der Waals surface area contributed by atoms with Crippen molar-refractivity contribution in [2.75, 3.05) is 11.9 Å². The predicted octanol–water partition coefficient (Wildman–Crippen LogP) is 4.30. The normalized spacial score (nSPS) is 14.3. The summed E-state index contributed by atoms with van der Waals surface area (Å²) in [4.78, 5) is 24.9. The van der Waals surface area contributed by atoms with Gasteiger partial charge in [-0.25, -0.2) is 0 Å². The van der Waals surface area contributed by atoms with E-state index >= 15 is 0 Å². The third-order valence-corrected chi connectivity index (χ3v) is 5.32. The topological polar surface area (TPSA) is 71.3 Å². The van der Waals surface area contributed by atoms with E-state index in [0.29, 0.717) is 17.8 Å². The van der Waals surface area contributed by atoms with Gasteiger partial charge in [-0.05, 0) is 55.2 Å². The molecule has 0 aliphatic heterocycles. The van der Waals surface area contributed by atoms with Crippen LogP contribution in [0.1, 0.15) is 44.9 Å². The molecule has 1 heterocycles. The van der Waals surface area contributed by atoms with Crippen LogP contribution in [0.2, 0.25) is 0 Å². The first-order chi connectivity index (χ1) is 13.6. The van der Waals surface area contributed by atoms with Crippen molar-refractivity contribution in [2.24, 2.45) is 0 Å². The number of anilines is 1. The smallest absolute Gasteiger partial charge is 0.291 e. The van der Waals surface area contributed by atoms with Crippen LogP contribution in [-0.4, -0.2) is 18.4 Å². The monoisotopic (exact) mass is 374 g/mol. The van der Waals surface area contributed by atoms with Crippen LogP contribution in [-0.2, 0) is 5.41 Å². The van der Waals surface area contributed by atoms with Crippen LogP contribution in [0, 0.1) is 6.92 Å². The summed E-state index contributed by atoms with van der Waals surface area (Å²) in [6, 6.07) is 18.9. The van der Waals surface area contributed by atoms with Gasteiger partial charge in [0.15, 0.2) is 5.76 Å². The van der Waals surface area contributed by atoms with Gasteiger partial charge in [-0.1, -0.05) is 36.4 Å². The van der Waals surface area contributed by atoms with Crippen LogP contribution in [0.4, 0.5) is 5.69 Å². The first-order valence-electron chi connectivity index (χ1n) is 9.37. The molecular formula is C23H22N2O3. The highest BCUT2D eigenvalue weighted by atomic mass is 16.3. The van der Waals surface area contributed by atoms with Gasteiger partial charge in [0.25, 0.3) is 11.8 Å². The highest BCUT2D eigenvalue weighted by Gasteiger charge is 2.44. The van der Waals surface area contributed by atoms with E-state index in [4.69, 9.17) is 4.42 Å². The molecule has 5 nitrogen and oxygen atoms in total. The lowest BCUT2D eigenvalue weighted by atomic mass is 9.96. The van der Waals surface area contributed by atoms with Crippen LogP contribution in [0.5, 0.6) is 0 Å². The molecule has 0 atom stereocenters. The van der Waals surface area contributed by atoms with Crippen LogP contribution in [0.3, 0.4) is 0 Å². The second kappa shape index (κ2) is 7.35. The Morgan fingerprint density at radius 1 is 1.00 bits per heavy atom. The number of carbonyl (C=O) groups is 2. The summed E-state index contributed by atoms with van der Waals surface area (Å²) in [7, 11) is 0. The molecule has 0 spiro atoms. The van der Waals surface area contributed by atoms with Crippen molar-refractivity contribution in [3.63, 3.8) is 0 Å². The first-order valence-corrected chi connectivity index (χ1v) is 9.37. The van der Waals surface area contributed by atoms with E-state index in [-0.39, 0.29) is 23.0 Å². The van der Waals surface area contributed by atoms with Gasteiger partial charge in [0.05, 0.1) is 6.26 Å². The van der Waals surface area contributed by atoms with E-state index in [1.807, 2.05) is 31.2 Å². The van der Waals surface area contributed by atoms with E-state index < -0.39 is 0 Å². The molecule has 0 saturated heterocycles. The maximum atomic E-state index is 12.7. The molecule has 5 heteroatoms. The average molecular weight is 374 g/mol. The fraction of sp³-hybridized carbons (Fsp3) is 0.217. The first kappa shape index (κ1) is 18.0. The second-order valence-corrected chi connectivity index (χ2v) is 7.29. The van der Waals surface area contributed by atoms with Crippen molar-refractivity contribution in [3.05, 3.63) is 89.4 Å². The highest BCUT2D eigenvalue weighted by Crippen LogP contribution is 2.47. The third kappa shape index (κ3) is 3.69. The summed E-state index contributed by atoms with van der Waals surface area (Å²) < 4.78 is 5.12. The van der Waals surface area contributed by atoms with Crippen LogP contribution in [0.15, 0.2) is 71.3 Å². The minimum Gasteiger partial charge on any atom is -0.459 e. The lowest BCUT2D eigenvalue weighted by molar-refractivity contribution is 0.0947. The number of amides is 2. The largest absolute Gasteiger partial charge is 0.459 e. The van der Waals surface area contributed by atoms with Gasteiger partial charge >= 0.3 is 0 Å². The number of furan rings is 1. The van der Waals surface area contributed by atoms with Gasteiger partial charge in [-0.3, -0.25) is 9.59 Å². The zero-order chi connectivity index (χ0) is 19.6. The standard InChI is InChI=1S/C23H22N2O3/c1-16-9-10-17(14-19(16)25-22(27)20-8-5-13-28-20)21(26)24-15-23(11-12-23)18-6-3-2-4-7-18/h2-10,13-14H,11-12,15H2,1H3,(H,24,26)(H,25,27). The summed E-state index contributed by atoms with van der Waals surface area (Å²) in [5.41, 5.74) is 3.31. The second-order valence-electron chi connectivity index (χ2n) is 7.29. The van der Waals surface area contributed by atoms with Crippen molar-refractivity contribution < 1.29 is 14.0 Å².